The Labute approximate surface area is 158 Å². The summed E-state index contributed by atoms with van der Waals surface area (Å²) in [5.41, 5.74) is 4.42. The quantitative estimate of drug-likeness (QED) is 0.492. The van der Waals surface area contributed by atoms with Crippen LogP contribution in [-0.4, -0.2) is 18.4 Å². The highest BCUT2D eigenvalue weighted by atomic mass is 16.5. The van der Waals surface area contributed by atoms with Crippen LogP contribution in [0.2, 0.25) is 0 Å². The van der Waals surface area contributed by atoms with Crippen molar-refractivity contribution in [2.45, 2.75) is 13.8 Å². The number of Topliss-reactive ketones (excluding diaryl/α,β-unsaturated/α-hetero) is 1. The van der Waals surface area contributed by atoms with Crippen LogP contribution in [-0.2, 0) is 4.74 Å². The lowest BCUT2D eigenvalue weighted by Crippen LogP contribution is -2.16. The Morgan fingerprint density at radius 1 is 0.852 bits per heavy atom. The maximum Gasteiger partial charge on any atom is 0.340 e. The number of para-hydroxylation sites is 2. The molecule has 0 radical (unpaired) electrons. The molecule has 0 aliphatic carbocycles. The van der Waals surface area contributed by atoms with Crippen molar-refractivity contribution < 1.29 is 14.3 Å². The van der Waals surface area contributed by atoms with Crippen molar-refractivity contribution in [3.8, 4) is 0 Å². The summed E-state index contributed by atoms with van der Waals surface area (Å²) in [6.45, 7) is 3.56. The normalized spacial score (nSPS) is 10.3. The third kappa shape index (κ3) is 4.61. The standard InChI is InChI=1S/C23H21NO3/c1-16-12-13-19(17(2)14-16)22(25)15-27-23(26)20-10-6-7-11-21(20)24-18-8-4-3-5-9-18/h3-14,24H,15H2,1-2H3. The molecule has 0 atom stereocenters. The Kier molecular flexibility index (Phi) is 5.67. The molecule has 136 valence electrons. The number of rotatable bonds is 6. The smallest absolute Gasteiger partial charge is 0.340 e. The highest BCUT2D eigenvalue weighted by Gasteiger charge is 2.16. The SMILES string of the molecule is Cc1ccc(C(=O)COC(=O)c2ccccc2Nc2ccccc2)c(C)c1. The van der Waals surface area contributed by atoms with E-state index in [1.807, 2.05) is 62.4 Å². The fraction of sp³-hybridized carbons (Fsp3) is 0.130. The minimum absolute atomic E-state index is 0.214. The van der Waals surface area contributed by atoms with Gasteiger partial charge in [0.05, 0.1) is 11.3 Å². The van der Waals surface area contributed by atoms with Gasteiger partial charge >= 0.3 is 5.97 Å². The number of ketones is 1. The number of carbonyl (C=O) groups is 2. The zero-order chi connectivity index (χ0) is 19.2. The number of esters is 1. The van der Waals surface area contributed by atoms with Crippen molar-refractivity contribution in [3.05, 3.63) is 95.1 Å². The summed E-state index contributed by atoms with van der Waals surface area (Å²) < 4.78 is 5.28. The number of nitrogens with one attached hydrogen (secondary N) is 1. The molecule has 1 N–H and O–H groups in total. The molecule has 0 amide bonds. The number of aryl methyl sites for hydroxylation is 2. The molecule has 0 saturated heterocycles. The van der Waals surface area contributed by atoms with Crippen molar-refractivity contribution in [2.75, 3.05) is 11.9 Å². The van der Waals surface area contributed by atoms with Gasteiger partial charge in [0.15, 0.2) is 6.61 Å². The lowest BCUT2D eigenvalue weighted by molar-refractivity contribution is 0.0475. The molecule has 0 aromatic heterocycles. The molecule has 0 fully saturated rings. The second-order valence-electron chi connectivity index (χ2n) is 6.35. The first kappa shape index (κ1) is 18.4. The topological polar surface area (TPSA) is 55.4 Å². The Hall–Kier alpha value is -3.40. The van der Waals surface area contributed by atoms with Crippen molar-refractivity contribution in [3.63, 3.8) is 0 Å². The predicted molar refractivity (Wildman–Crippen MR) is 107 cm³/mol. The van der Waals surface area contributed by atoms with Gasteiger partial charge in [-0.25, -0.2) is 4.79 Å². The Bertz CT molecular complexity index is 964. The third-order valence-electron chi connectivity index (χ3n) is 4.22. The van der Waals surface area contributed by atoms with Gasteiger partial charge in [0.25, 0.3) is 0 Å². The van der Waals surface area contributed by atoms with Gasteiger partial charge in [0.1, 0.15) is 0 Å². The molecule has 0 unspecified atom stereocenters. The molecule has 0 bridgehead atoms. The van der Waals surface area contributed by atoms with Gasteiger partial charge in [0.2, 0.25) is 5.78 Å². The van der Waals surface area contributed by atoms with Gasteiger partial charge in [0, 0.05) is 11.3 Å². The van der Waals surface area contributed by atoms with E-state index in [9.17, 15) is 9.59 Å². The van der Waals surface area contributed by atoms with E-state index < -0.39 is 5.97 Å². The van der Waals surface area contributed by atoms with E-state index in [0.717, 1.165) is 16.8 Å². The number of carbonyl (C=O) groups excluding carboxylic acids is 2. The molecule has 0 aliphatic heterocycles. The van der Waals surface area contributed by atoms with Crippen LogP contribution in [0.4, 0.5) is 11.4 Å². The summed E-state index contributed by atoms with van der Waals surface area (Å²) in [6.07, 6.45) is 0. The molecule has 4 heteroatoms. The maximum atomic E-state index is 12.5. The highest BCUT2D eigenvalue weighted by molar-refractivity contribution is 6.02. The van der Waals surface area contributed by atoms with E-state index in [2.05, 4.69) is 5.32 Å². The summed E-state index contributed by atoms with van der Waals surface area (Å²) in [6, 6.07) is 22.2. The van der Waals surface area contributed by atoms with E-state index in [0.29, 0.717) is 16.8 Å². The van der Waals surface area contributed by atoms with Crippen LogP contribution in [0.1, 0.15) is 31.8 Å². The molecule has 0 saturated carbocycles. The molecule has 27 heavy (non-hydrogen) atoms. The highest BCUT2D eigenvalue weighted by Crippen LogP contribution is 2.21. The second kappa shape index (κ2) is 8.32. The van der Waals surface area contributed by atoms with Crippen LogP contribution in [0.5, 0.6) is 0 Å². The van der Waals surface area contributed by atoms with Crippen LogP contribution in [0.3, 0.4) is 0 Å². The Morgan fingerprint density at radius 3 is 2.30 bits per heavy atom. The number of hydrogen-bond acceptors (Lipinski definition) is 4. The minimum Gasteiger partial charge on any atom is -0.454 e. The summed E-state index contributed by atoms with van der Waals surface area (Å²) in [5.74, 6) is -0.749. The minimum atomic E-state index is -0.535. The largest absolute Gasteiger partial charge is 0.454 e. The average Bonchev–Trinajstić information content (AvgIpc) is 2.67. The van der Waals surface area contributed by atoms with Gasteiger partial charge in [-0.2, -0.15) is 0 Å². The Balaban J connectivity index is 1.70. The van der Waals surface area contributed by atoms with Crippen LogP contribution in [0.25, 0.3) is 0 Å². The van der Waals surface area contributed by atoms with Crippen LogP contribution < -0.4 is 5.32 Å². The van der Waals surface area contributed by atoms with Gasteiger partial charge in [-0.05, 0) is 43.7 Å². The van der Waals surface area contributed by atoms with E-state index in [4.69, 9.17) is 4.74 Å². The first-order valence-corrected chi connectivity index (χ1v) is 8.73. The molecule has 3 aromatic rings. The molecule has 3 aromatic carbocycles. The average molecular weight is 359 g/mol. The summed E-state index contributed by atoms with van der Waals surface area (Å²) >= 11 is 0. The number of ether oxygens (including phenoxy) is 1. The van der Waals surface area contributed by atoms with Gasteiger partial charge < -0.3 is 10.1 Å². The zero-order valence-electron chi connectivity index (χ0n) is 15.4. The van der Waals surface area contributed by atoms with E-state index in [1.165, 1.54) is 0 Å². The fourth-order valence-corrected chi connectivity index (χ4v) is 2.86. The van der Waals surface area contributed by atoms with Gasteiger partial charge in [-0.3, -0.25) is 4.79 Å². The van der Waals surface area contributed by atoms with E-state index in [-0.39, 0.29) is 12.4 Å². The van der Waals surface area contributed by atoms with Crippen LogP contribution >= 0.6 is 0 Å². The number of anilines is 2. The second-order valence-corrected chi connectivity index (χ2v) is 6.35. The predicted octanol–water partition coefficient (Wildman–Crippen LogP) is 5.09. The molecule has 3 rings (SSSR count). The zero-order valence-corrected chi connectivity index (χ0v) is 15.4. The Morgan fingerprint density at radius 2 is 1.56 bits per heavy atom. The van der Waals surface area contributed by atoms with Gasteiger partial charge in [-0.1, -0.05) is 54.1 Å². The lowest BCUT2D eigenvalue weighted by atomic mass is 10.0. The molecule has 0 aliphatic rings. The van der Waals surface area contributed by atoms with Crippen LogP contribution in [0.15, 0.2) is 72.8 Å². The summed E-state index contributed by atoms with van der Waals surface area (Å²) in [5, 5.41) is 3.20. The number of benzene rings is 3. The van der Waals surface area contributed by atoms with Crippen LogP contribution in [0, 0.1) is 13.8 Å². The van der Waals surface area contributed by atoms with Gasteiger partial charge in [-0.15, -0.1) is 0 Å². The first-order chi connectivity index (χ1) is 13.0. The molecular weight excluding hydrogens is 338 g/mol. The summed E-state index contributed by atoms with van der Waals surface area (Å²) in [7, 11) is 0. The molecule has 0 heterocycles. The maximum absolute atomic E-state index is 12.5. The fourth-order valence-electron chi connectivity index (χ4n) is 2.86. The van der Waals surface area contributed by atoms with E-state index in [1.54, 1.807) is 24.3 Å². The van der Waals surface area contributed by atoms with E-state index >= 15 is 0 Å². The third-order valence-corrected chi connectivity index (χ3v) is 4.22. The molecule has 0 spiro atoms. The van der Waals surface area contributed by atoms with Crippen molar-refractivity contribution >= 4 is 23.1 Å². The first-order valence-electron chi connectivity index (χ1n) is 8.73. The number of hydrogen-bond donors (Lipinski definition) is 1. The van der Waals surface area contributed by atoms with Crippen molar-refractivity contribution in [1.29, 1.82) is 0 Å². The van der Waals surface area contributed by atoms with Crippen molar-refractivity contribution in [1.82, 2.24) is 0 Å². The van der Waals surface area contributed by atoms with Crippen molar-refractivity contribution in [2.24, 2.45) is 0 Å². The monoisotopic (exact) mass is 359 g/mol. The molecular formula is C23H21NO3. The molecule has 4 nitrogen and oxygen atoms in total. The lowest BCUT2D eigenvalue weighted by Gasteiger charge is -2.12. The summed E-state index contributed by atoms with van der Waals surface area (Å²) in [4.78, 5) is 24.9.